The number of benzene rings is 6. The molecule has 0 bridgehead atoms. The van der Waals surface area contributed by atoms with Gasteiger partial charge in [0.2, 0.25) is 0 Å². The van der Waals surface area contributed by atoms with Crippen molar-refractivity contribution in [2.75, 3.05) is 11.4 Å². The van der Waals surface area contributed by atoms with Crippen LogP contribution in [-0.2, 0) is 0 Å². The zero-order chi connectivity index (χ0) is 33.7. The Morgan fingerprint density at radius 3 is 1.46 bits per heavy atom. The van der Waals surface area contributed by atoms with E-state index in [1.54, 1.807) is 0 Å². The first-order chi connectivity index (χ1) is 24.7. The summed E-state index contributed by atoms with van der Waals surface area (Å²) in [6, 6.07) is 54.5. The molecule has 0 fully saturated rings. The highest BCUT2D eigenvalue weighted by molar-refractivity contribution is 5.94. The van der Waals surface area contributed by atoms with E-state index in [0.717, 1.165) is 50.3 Å². The molecule has 1 aliphatic rings. The molecule has 0 aliphatic carbocycles. The lowest BCUT2D eigenvalue weighted by atomic mass is 9.93. The number of hydrogen-bond donors (Lipinski definition) is 0. The molecule has 1 aromatic heterocycles. The zero-order valence-electron chi connectivity index (χ0n) is 27.5. The normalized spacial score (nSPS) is 13.8. The largest absolute Gasteiger partial charge is 0.337 e. The minimum Gasteiger partial charge on any atom is -0.337 e. The summed E-state index contributed by atoms with van der Waals surface area (Å²) in [5, 5.41) is 0. The van der Waals surface area contributed by atoms with Crippen LogP contribution in [0.25, 0.3) is 62.0 Å². The quantitative estimate of drug-likeness (QED) is 0.181. The summed E-state index contributed by atoms with van der Waals surface area (Å²) < 4.78 is 0. The van der Waals surface area contributed by atoms with Crippen LogP contribution >= 0.6 is 0 Å². The second-order valence-electron chi connectivity index (χ2n) is 12.2. The van der Waals surface area contributed by atoms with Crippen molar-refractivity contribution < 1.29 is 0 Å². The first kappa shape index (κ1) is 30.7. The molecule has 0 radical (unpaired) electrons. The average molecular weight is 643 g/mol. The van der Waals surface area contributed by atoms with Crippen LogP contribution in [0.1, 0.15) is 5.56 Å². The Kier molecular flexibility index (Phi) is 8.49. The lowest BCUT2D eigenvalue weighted by Crippen LogP contribution is -2.19. The number of nitrogens with zero attached hydrogens (tertiary/aromatic N) is 4. The molecular weight excluding hydrogens is 609 g/mol. The van der Waals surface area contributed by atoms with Crippen LogP contribution in [-0.4, -0.2) is 21.5 Å². The summed E-state index contributed by atoms with van der Waals surface area (Å²) >= 11 is 0. The monoisotopic (exact) mass is 642 g/mol. The van der Waals surface area contributed by atoms with E-state index < -0.39 is 0 Å². The highest BCUT2D eigenvalue weighted by atomic mass is 15.1. The summed E-state index contributed by atoms with van der Waals surface area (Å²) in [6.45, 7) is 5.15. The molecule has 2 heterocycles. The lowest BCUT2D eigenvalue weighted by Gasteiger charge is -2.29. The van der Waals surface area contributed by atoms with Crippen molar-refractivity contribution in [3.05, 3.63) is 194 Å². The van der Waals surface area contributed by atoms with Crippen LogP contribution in [0, 0.1) is 0 Å². The predicted octanol–water partition coefficient (Wildman–Crippen LogP) is 11.5. The van der Waals surface area contributed by atoms with Gasteiger partial charge in [-0.1, -0.05) is 164 Å². The number of rotatable bonds is 6. The number of fused-ring (bicyclic) bond motifs is 1. The Morgan fingerprint density at radius 2 is 0.880 bits per heavy atom. The Morgan fingerprint density at radius 1 is 0.420 bits per heavy atom. The van der Waals surface area contributed by atoms with Gasteiger partial charge in [-0.05, 0) is 46.5 Å². The molecule has 0 N–H and O–H groups in total. The standard InChI is InChI=1S/C46H34N4/c1-33-15-6-5-13-32-50(43-41(33)22-14-23-42(43)36-26-24-35(25-27-36)34-16-7-2-8-17-34)40-30-28-39(29-31-40)46-48-44(37-18-9-3-10-19-37)47-45(49-46)38-20-11-4-12-21-38/h2-31H,1,32H2/b13-5-,15-6-. The first-order valence-corrected chi connectivity index (χ1v) is 16.8. The van der Waals surface area contributed by atoms with Gasteiger partial charge in [0.05, 0.1) is 5.69 Å². The molecule has 7 aromatic rings. The fourth-order valence-electron chi connectivity index (χ4n) is 6.36. The first-order valence-electron chi connectivity index (χ1n) is 16.8. The van der Waals surface area contributed by atoms with Gasteiger partial charge in [0, 0.05) is 40.0 Å². The highest BCUT2D eigenvalue weighted by Gasteiger charge is 2.20. The van der Waals surface area contributed by atoms with Crippen LogP contribution in [0.15, 0.2) is 189 Å². The van der Waals surface area contributed by atoms with Crippen LogP contribution in [0.2, 0.25) is 0 Å². The van der Waals surface area contributed by atoms with Gasteiger partial charge in [-0.2, -0.15) is 0 Å². The third kappa shape index (κ3) is 6.30. The van der Waals surface area contributed by atoms with Crippen molar-refractivity contribution in [3.8, 4) is 56.4 Å². The fourth-order valence-corrected chi connectivity index (χ4v) is 6.36. The van der Waals surface area contributed by atoms with E-state index in [4.69, 9.17) is 15.0 Å². The third-order valence-electron chi connectivity index (χ3n) is 8.92. The Bertz CT molecular complexity index is 2270. The van der Waals surface area contributed by atoms with Crippen LogP contribution in [0.4, 0.5) is 11.4 Å². The maximum Gasteiger partial charge on any atom is 0.164 e. The molecule has 50 heavy (non-hydrogen) atoms. The molecule has 0 spiro atoms. The maximum atomic E-state index is 4.94. The number of para-hydroxylation sites is 1. The Labute approximate surface area is 293 Å². The molecule has 0 saturated carbocycles. The van der Waals surface area contributed by atoms with Crippen LogP contribution in [0.3, 0.4) is 0 Å². The van der Waals surface area contributed by atoms with Crippen molar-refractivity contribution in [2.24, 2.45) is 0 Å². The Balaban J connectivity index is 1.21. The average Bonchev–Trinajstić information content (AvgIpc) is 3.28. The third-order valence-corrected chi connectivity index (χ3v) is 8.92. The molecule has 1 aliphatic heterocycles. The molecule has 0 saturated heterocycles. The second-order valence-corrected chi connectivity index (χ2v) is 12.2. The van der Waals surface area contributed by atoms with Gasteiger partial charge in [-0.15, -0.1) is 0 Å². The smallest absolute Gasteiger partial charge is 0.164 e. The minimum absolute atomic E-state index is 0.630. The molecular formula is C46H34N4. The highest BCUT2D eigenvalue weighted by Crippen LogP contribution is 2.42. The van der Waals surface area contributed by atoms with Gasteiger partial charge in [-0.3, -0.25) is 0 Å². The summed E-state index contributed by atoms with van der Waals surface area (Å²) in [4.78, 5) is 17.1. The molecule has 0 amide bonds. The Hall–Kier alpha value is -6.65. The summed E-state index contributed by atoms with van der Waals surface area (Å²) in [5.74, 6) is 1.92. The zero-order valence-corrected chi connectivity index (χ0v) is 27.5. The maximum absolute atomic E-state index is 4.94. The van der Waals surface area contributed by atoms with E-state index in [1.165, 1.54) is 11.1 Å². The summed E-state index contributed by atoms with van der Waals surface area (Å²) in [6.07, 6.45) is 8.43. The van der Waals surface area contributed by atoms with Crippen molar-refractivity contribution in [2.45, 2.75) is 0 Å². The number of anilines is 2. The van der Waals surface area contributed by atoms with Crippen molar-refractivity contribution >= 4 is 16.9 Å². The number of allylic oxidation sites excluding steroid dienone is 4. The van der Waals surface area contributed by atoms with E-state index in [1.807, 2.05) is 66.7 Å². The molecule has 0 atom stereocenters. The van der Waals surface area contributed by atoms with Gasteiger partial charge >= 0.3 is 0 Å². The molecule has 238 valence electrons. The van der Waals surface area contributed by atoms with Crippen LogP contribution in [0.5, 0.6) is 0 Å². The van der Waals surface area contributed by atoms with Gasteiger partial charge in [0.1, 0.15) is 0 Å². The van der Waals surface area contributed by atoms with Gasteiger partial charge < -0.3 is 4.90 Å². The van der Waals surface area contributed by atoms with Crippen molar-refractivity contribution in [1.29, 1.82) is 0 Å². The van der Waals surface area contributed by atoms with E-state index in [0.29, 0.717) is 24.0 Å². The fraction of sp³-hybridized carbons (Fsp3) is 0.0217. The van der Waals surface area contributed by atoms with Crippen molar-refractivity contribution in [1.82, 2.24) is 15.0 Å². The number of aromatic nitrogens is 3. The van der Waals surface area contributed by atoms with Gasteiger partial charge in [0.25, 0.3) is 0 Å². The van der Waals surface area contributed by atoms with E-state index in [2.05, 4.69) is 127 Å². The number of hydrogen-bond acceptors (Lipinski definition) is 4. The predicted molar refractivity (Wildman–Crippen MR) is 208 cm³/mol. The topological polar surface area (TPSA) is 41.9 Å². The van der Waals surface area contributed by atoms with E-state index >= 15 is 0 Å². The molecule has 4 nitrogen and oxygen atoms in total. The second kappa shape index (κ2) is 13.8. The van der Waals surface area contributed by atoms with Crippen molar-refractivity contribution in [3.63, 3.8) is 0 Å². The molecule has 6 aromatic carbocycles. The van der Waals surface area contributed by atoms with E-state index in [-0.39, 0.29) is 0 Å². The van der Waals surface area contributed by atoms with Gasteiger partial charge in [-0.25, -0.2) is 15.0 Å². The molecule has 0 unspecified atom stereocenters. The minimum atomic E-state index is 0.630. The molecule has 4 heteroatoms. The molecule has 8 rings (SSSR count). The van der Waals surface area contributed by atoms with Crippen LogP contribution < -0.4 is 4.90 Å². The lowest BCUT2D eigenvalue weighted by molar-refractivity contribution is 1.07. The van der Waals surface area contributed by atoms with Gasteiger partial charge in [0.15, 0.2) is 17.5 Å². The SMILES string of the molecule is C=C1/C=C\C=C/CN(c2ccc(-c3nc(-c4ccccc4)nc(-c4ccccc4)n3)cc2)c2c1cccc2-c1ccc(-c2ccccc2)cc1. The van der Waals surface area contributed by atoms with E-state index in [9.17, 15) is 0 Å². The summed E-state index contributed by atoms with van der Waals surface area (Å²) in [7, 11) is 0. The summed E-state index contributed by atoms with van der Waals surface area (Å²) in [5.41, 5.74) is 11.7.